The normalized spacial score (nSPS) is 12.6. The van der Waals surface area contributed by atoms with E-state index in [9.17, 15) is 0 Å². The first kappa shape index (κ1) is 11.9. The summed E-state index contributed by atoms with van der Waals surface area (Å²) < 4.78 is 6.58. The molecule has 1 atom stereocenters. The van der Waals surface area contributed by atoms with Crippen LogP contribution in [-0.2, 0) is 0 Å². The third-order valence-corrected chi connectivity index (χ3v) is 3.22. The second kappa shape index (κ2) is 5.62. The van der Waals surface area contributed by atoms with Gasteiger partial charge in [0, 0.05) is 4.47 Å². The van der Waals surface area contributed by atoms with Crippen molar-refractivity contribution in [1.29, 1.82) is 0 Å². The van der Waals surface area contributed by atoms with Gasteiger partial charge in [0.2, 0.25) is 0 Å². The van der Waals surface area contributed by atoms with Crippen LogP contribution in [0.4, 0.5) is 0 Å². The van der Waals surface area contributed by atoms with Crippen molar-refractivity contribution in [3.8, 4) is 5.75 Å². The highest BCUT2D eigenvalue weighted by molar-refractivity contribution is 9.10. The van der Waals surface area contributed by atoms with Crippen LogP contribution in [0.1, 0.15) is 26.7 Å². The number of hydrogen-bond acceptors (Lipinski definition) is 1. The van der Waals surface area contributed by atoms with E-state index < -0.39 is 0 Å². The predicted octanol–water partition coefficient (Wildman–Crippen LogP) is 4.67. The smallest absolute Gasteiger partial charge is 0.139 e. The van der Waals surface area contributed by atoms with Crippen molar-refractivity contribution in [2.75, 3.05) is 0 Å². The summed E-state index contributed by atoms with van der Waals surface area (Å²) in [7, 11) is 0. The molecule has 1 aromatic rings. The van der Waals surface area contributed by atoms with Crippen molar-refractivity contribution in [3.05, 3.63) is 27.7 Å². The number of ether oxygens (including phenoxy) is 1. The van der Waals surface area contributed by atoms with Gasteiger partial charge in [-0.25, -0.2) is 0 Å². The Kier molecular flexibility index (Phi) is 4.76. The highest BCUT2D eigenvalue weighted by atomic mass is 79.9. The lowest BCUT2D eigenvalue weighted by Crippen LogP contribution is -2.11. The zero-order chi connectivity index (χ0) is 10.6. The Hall–Kier alpha value is -0.210. The quantitative estimate of drug-likeness (QED) is 0.777. The van der Waals surface area contributed by atoms with Crippen LogP contribution in [0.25, 0.3) is 0 Å². The van der Waals surface area contributed by atoms with Crippen molar-refractivity contribution in [2.24, 2.45) is 0 Å². The largest absolute Gasteiger partial charge is 0.489 e. The molecule has 0 bridgehead atoms. The van der Waals surface area contributed by atoms with Crippen LogP contribution in [0.5, 0.6) is 5.75 Å². The summed E-state index contributed by atoms with van der Waals surface area (Å²) in [5.74, 6) is 0.752. The summed E-state index contributed by atoms with van der Waals surface area (Å²) in [6, 6.07) is 5.71. The highest BCUT2D eigenvalue weighted by Crippen LogP contribution is 2.32. The zero-order valence-electron chi connectivity index (χ0n) is 8.39. The minimum absolute atomic E-state index is 0.215. The summed E-state index contributed by atoms with van der Waals surface area (Å²) in [5, 5.41) is 0.649. The third-order valence-electron chi connectivity index (χ3n) is 1.94. The van der Waals surface area contributed by atoms with Gasteiger partial charge in [-0.05, 0) is 41.4 Å². The lowest BCUT2D eigenvalue weighted by atomic mass is 10.2. The minimum Gasteiger partial charge on any atom is -0.489 e. The van der Waals surface area contributed by atoms with Crippen LogP contribution >= 0.6 is 27.5 Å². The molecule has 0 fully saturated rings. The standard InChI is InChI=1S/C11H14BrClO/c1-3-5-8(2)14-10-7-4-6-9(12)11(10)13/h4,6-8H,3,5H2,1-2H3/t8-/m0/s1. The van der Waals surface area contributed by atoms with E-state index in [1.807, 2.05) is 18.2 Å². The third kappa shape index (κ3) is 3.18. The average Bonchev–Trinajstić information content (AvgIpc) is 2.13. The molecule has 0 aliphatic rings. The predicted molar refractivity (Wildman–Crippen MR) is 64.2 cm³/mol. The molecule has 1 aromatic carbocycles. The van der Waals surface area contributed by atoms with Crippen LogP contribution < -0.4 is 4.74 Å². The van der Waals surface area contributed by atoms with Crippen molar-refractivity contribution in [3.63, 3.8) is 0 Å². The summed E-state index contributed by atoms with van der Waals surface area (Å²) in [6.07, 6.45) is 2.38. The molecular weight excluding hydrogens is 263 g/mol. The maximum absolute atomic E-state index is 6.07. The molecule has 0 N–H and O–H groups in total. The van der Waals surface area contributed by atoms with Gasteiger partial charge in [-0.15, -0.1) is 0 Å². The van der Waals surface area contributed by atoms with Crippen LogP contribution in [0, 0.1) is 0 Å². The van der Waals surface area contributed by atoms with E-state index in [1.54, 1.807) is 0 Å². The zero-order valence-corrected chi connectivity index (χ0v) is 10.7. The maximum atomic E-state index is 6.07. The fraction of sp³-hybridized carbons (Fsp3) is 0.455. The SMILES string of the molecule is CCC[C@H](C)Oc1cccc(Br)c1Cl. The van der Waals surface area contributed by atoms with Gasteiger partial charge in [0.25, 0.3) is 0 Å². The van der Waals surface area contributed by atoms with Crippen molar-refractivity contribution in [1.82, 2.24) is 0 Å². The lowest BCUT2D eigenvalue weighted by molar-refractivity contribution is 0.210. The Morgan fingerprint density at radius 3 is 2.86 bits per heavy atom. The van der Waals surface area contributed by atoms with E-state index in [4.69, 9.17) is 16.3 Å². The Morgan fingerprint density at radius 1 is 1.50 bits per heavy atom. The molecule has 1 rings (SSSR count). The Bertz CT molecular complexity index is 301. The Labute approximate surface area is 98.5 Å². The fourth-order valence-electron chi connectivity index (χ4n) is 1.26. The van der Waals surface area contributed by atoms with Gasteiger partial charge in [-0.2, -0.15) is 0 Å². The lowest BCUT2D eigenvalue weighted by Gasteiger charge is -2.15. The molecule has 0 aromatic heterocycles. The molecule has 0 saturated carbocycles. The van der Waals surface area contributed by atoms with E-state index >= 15 is 0 Å². The number of benzene rings is 1. The van der Waals surface area contributed by atoms with Gasteiger partial charge in [0.05, 0.1) is 11.1 Å². The van der Waals surface area contributed by atoms with Crippen molar-refractivity contribution < 1.29 is 4.74 Å². The topological polar surface area (TPSA) is 9.23 Å². The number of hydrogen-bond donors (Lipinski definition) is 0. The van der Waals surface area contributed by atoms with Gasteiger partial charge < -0.3 is 4.74 Å². The van der Waals surface area contributed by atoms with Crippen molar-refractivity contribution in [2.45, 2.75) is 32.8 Å². The van der Waals surface area contributed by atoms with Gasteiger partial charge in [0.15, 0.2) is 0 Å². The summed E-state index contributed by atoms with van der Waals surface area (Å²) >= 11 is 9.43. The first-order chi connectivity index (χ1) is 6.65. The number of rotatable bonds is 4. The van der Waals surface area contributed by atoms with E-state index in [2.05, 4.69) is 29.8 Å². The summed E-state index contributed by atoms with van der Waals surface area (Å²) in [5.41, 5.74) is 0. The van der Waals surface area contributed by atoms with E-state index in [-0.39, 0.29) is 6.10 Å². The summed E-state index contributed by atoms with van der Waals surface area (Å²) in [4.78, 5) is 0. The van der Waals surface area contributed by atoms with Crippen LogP contribution in [0.2, 0.25) is 5.02 Å². The molecule has 0 radical (unpaired) electrons. The Balaban J connectivity index is 2.71. The molecule has 78 valence electrons. The van der Waals surface area contributed by atoms with Gasteiger partial charge >= 0.3 is 0 Å². The minimum atomic E-state index is 0.215. The summed E-state index contributed by atoms with van der Waals surface area (Å²) in [6.45, 7) is 4.20. The number of halogens is 2. The molecule has 14 heavy (non-hydrogen) atoms. The molecule has 0 heterocycles. The molecule has 0 aliphatic carbocycles. The van der Waals surface area contributed by atoms with E-state index in [0.29, 0.717) is 5.02 Å². The van der Waals surface area contributed by atoms with E-state index in [0.717, 1.165) is 23.1 Å². The first-order valence-corrected chi connectivity index (χ1v) is 5.93. The molecule has 0 saturated heterocycles. The monoisotopic (exact) mass is 276 g/mol. The molecule has 0 spiro atoms. The molecule has 1 nitrogen and oxygen atoms in total. The van der Waals surface area contributed by atoms with Crippen molar-refractivity contribution >= 4 is 27.5 Å². The molecule has 3 heteroatoms. The second-order valence-electron chi connectivity index (χ2n) is 3.27. The van der Waals surface area contributed by atoms with Crippen LogP contribution in [-0.4, -0.2) is 6.10 Å². The molecule has 0 amide bonds. The van der Waals surface area contributed by atoms with Crippen LogP contribution in [0.3, 0.4) is 0 Å². The fourth-order valence-corrected chi connectivity index (χ4v) is 1.78. The molecule has 0 unspecified atom stereocenters. The molecular formula is C11H14BrClO. The maximum Gasteiger partial charge on any atom is 0.139 e. The van der Waals surface area contributed by atoms with Gasteiger partial charge in [-0.1, -0.05) is 31.0 Å². The Morgan fingerprint density at radius 2 is 2.21 bits per heavy atom. The van der Waals surface area contributed by atoms with Gasteiger partial charge in [-0.3, -0.25) is 0 Å². The van der Waals surface area contributed by atoms with Crippen LogP contribution in [0.15, 0.2) is 22.7 Å². The van der Waals surface area contributed by atoms with Gasteiger partial charge in [0.1, 0.15) is 5.75 Å². The highest BCUT2D eigenvalue weighted by Gasteiger charge is 2.08. The van der Waals surface area contributed by atoms with E-state index in [1.165, 1.54) is 0 Å². The second-order valence-corrected chi connectivity index (χ2v) is 4.50. The molecule has 0 aliphatic heterocycles. The average molecular weight is 278 g/mol. The first-order valence-electron chi connectivity index (χ1n) is 4.75.